The van der Waals surface area contributed by atoms with Crippen LogP contribution in [-0.4, -0.2) is 16.0 Å². The summed E-state index contributed by atoms with van der Waals surface area (Å²) in [4.78, 5) is 8.46. The molecule has 0 spiro atoms. The fourth-order valence-electron chi connectivity index (χ4n) is 2.86. The molecule has 1 heterocycles. The van der Waals surface area contributed by atoms with E-state index >= 15 is 0 Å². The van der Waals surface area contributed by atoms with E-state index in [0.29, 0.717) is 12.0 Å². The van der Waals surface area contributed by atoms with Gasteiger partial charge in [-0.05, 0) is 31.0 Å². The molecule has 25 heavy (non-hydrogen) atoms. The van der Waals surface area contributed by atoms with Crippen LogP contribution in [0.25, 0.3) is 0 Å². The first-order chi connectivity index (χ1) is 11.9. The van der Waals surface area contributed by atoms with Crippen LogP contribution in [0.4, 0.5) is 30.6 Å². The number of aromatic nitrogens is 2. The number of rotatable bonds is 4. The standard InChI is InChI=1S/C17H18ClF3N4/c18-14-10-22-16(24-12-6-2-1-3-7-12)25-15(14)23-13-8-4-5-11(9-13)17(19,20)21/h4-5,8-10,12H,1-3,6-7H2,(H2,22,23,24,25). The van der Waals surface area contributed by atoms with Crippen LogP contribution in [-0.2, 0) is 6.18 Å². The second-order valence-electron chi connectivity index (χ2n) is 6.07. The number of halogens is 4. The van der Waals surface area contributed by atoms with Gasteiger partial charge in [-0.3, -0.25) is 0 Å². The number of nitrogens with zero attached hydrogens (tertiary/aromatic N) is 2. The maximum Gasteiger partial charge on any atom is 0.416 e. The summed E-state index contributed by atoms with van der Waals surface area (Å²) in [5, 5.41) is 6.35. The largest absolute Gasteiger partial charge is 0.416 e. The summed E-state index contributed by atoms with van der Waals surface area (Å²) >= 11 is 6.08. The molecule has 134 valence electrons. The molecule has 1 aliphatic carbocycles. The zero-order valence-electron chi connectivity index (χ0n) is 13.4. The Morgan fingerprint density at radius 2 is 1.88 bits per heavy atom. The van der Waals surface area contributed by atoms with Gasteiger partial charge in [-0.2, -0.15) is 18.2 Å². The van der Waals surface area contributed by atoms with E-state index in [0.717, 1.165) is 25.0 Å². The second kappa shape index (κ2) is 7.47. The number of benzene rings is 1. The molecule has 1 aliphatic rings. The highest BCUT2D eigenvalue weighted by Crippen LogP contribution is 2.32. The molecule has 0 radical (unpaired) electrons. The summed E-state index contributed by atoms with van der Waals surface area (Å²) in [7, 11) is 0. The molecule has 4 nitrogen and oxygen atoms in total. The van der Waals surface area contributed by atoms with Crippen LogP contribution in [0, 0.1) is 0 Å². The van der Waals surface area contributed by atoms with Crippen molar-refractivity contribution in [2.75, 3.05) is 10.6 Å². The molecule has 0 unspecified atom stereocenters. The molecule has 1 saturated carbocycles. The monoisotopic (exact) mass is 370 g/mol. The van der Waals surface area contributed by atoms with Gasteiger partial charge in [-0.25, -0.2) is 4.98 Å². The SMILES string of the molecule is FC(F)(F)c1cccc(Nc2nc(NC3CCCCC3)ncc2Cl)c1. The molecular weight excluding hydrogens is 353 g/mol. The smallest absolute Gasteiger partial charge is 0.351 e. The zero-order valence-corrected chi connectivity index (χ0v) is 14.2. The molecule has 2 aromatic rings. The Morgan fingerprint density at radius 3 is 2.60 bits per heavy atom. The van der Waals surface area contributed by atoms with Crippen LogP contribution in [0.15, 0.2) is 30.5 Å². The highest BCUT2D eigenvalue weighted by atomic mass is 35.5. The number of nitrogens with one attached hydrogen (secondary N) is 2. The summed E-state index contributed by atoms with van der Waals surface area (Å²) in [6, 6.07) is 5.22. The lowest BCUT2D eigenvalue weighted by Gasteiger charge is -2.23. The topological polar surface area (TPSA) is 49.8 Å². The summed E-state index contributed by atoms with van der Waals surface area (Å²) < 4.78 is 38.5. The van der Waals surface area contributed by atoms with E-state index in [2.05, 4.69) is 20.6 Å². The Labute approximate surface area is 148 Å². The Bertz CT molecular complexity index is 730. The Kier molecular flexibility index (Phi) is 5.32. The minimum absolute atomic E-state index is 0.242. The van der Waals surface area contributed by atoms with Gasteiger partial charge in [0.1, 0.15) is 5.02 Å². The number of alkyl halides is 3. The minimum atomic E-state index is -4.40. The second-order valence-corrected chi connectivity index (χ2v) is 6.48. The van der Waals surface area contributed by atoms with E-state index in [4.69, 9.17) is 11.6 Å². The van der Waals surface area contributed by atoms with Crippen molar-refractivity contribution in [3.63, 3.8) is 0 Å². The van der Waals surface area contributed by atoms with Crippen LogP contribution in [0.2, 0.25) is 5.02 Å². The van der Waals surface area contributed by atoms with Crippen molar-refractivity contribution in [2.24, 2.45) is 0 Å². The van der Waals surface area contributed by atoms with Gasteiger partial charge in [-0.15, -0.1) is 0 Å². The van der Waals surface area contributed by atoms with E-state index in [-0.39, 0.29) is 16.5 Å². The molecule has 1 fully saturated rings. The fourth-order valence-corrected chi connectivity index (χ4v) is 3.00. The number of hydrogen-bond acceptors (Lipinski definition) is 4. The molecular formula is C17H18ClF3N4. The Hall–Kier alpha value is -2.02. The lowest BCUT2D eigenvalue weighted by molar-refractivity contribution is -0.137. The molecule has 2 N–H and O–H groups in total. The van der Waals surface area contributed by atoms with Crippen molar-refractivity contribution in [2.45, 2.75) is 44.3 Å². The van der Waals surface area contributed by atoms with Crippen molar-refractivity contribution < 1.29 is 13.2 Å². The van der Waals surface area contributed by atoms with E-state index in [1.54, 1.807) is 0 Å². The van der Waals surface area contributed by atoms with Crippen LogP contribution in [0.5, 0.6) is 0 Å². The summed E-state index contributed by atoms with van der Waals surface area (Å²) in [5.41, 5.74) is -0.470. The highest BCUT2D eigenvalue weighted by Gasteiger charge is 2.30. The van der Waals surface area contributed by atoms with Crippen LogP contribution < -0.4 is 10.6 Å². The maximum absolute atomic E-state index is 12.8. The third kappa shape index (κ3) is 4.75. The molecule has 0 saturated heterocycles. The van der Waals surface area contributed by atoms with Crippen molar-refractivity contribution >= 4 is 29.1 Å². The van der Waals surface area contributed by atoms with E-state index in [1.807, 2.05) is 0 Å². The average Bonchev–Trinajstić information content (AvgIpc) is 2.58. The van der Waals surface area contributed by atoms with Gasteiger partial charge in [0.15, 0.2) is 5.82 Å². The molecule has 0 bridgehead atoms. The van der Waals surface area contributed by atoms with E-state index in [9.17, 15) is 13.2 Å². The van der Waals surface area contributed by atoms with Gasteiger partial charge in [0.25, 0.3) is 0 Å². The molecule has 1 aromatic carbocycles. The molecule has 0 aliphatic heterocycles. The average molecular weight is 371 g/mol. The molecule has 1 aromatic heterocycles. The third-order valence-electron chi connectivity index (χ3n) is 4.14. The lowest BCUT2D eigenvalue weighted by Crippen LogP contribution is -2.23. The quantitative estimate of drug-likeness (QED) is 0.731. The molecule has 0 atom stereocenters. The summed E-state index contributed by atoms with van der Waals surface area (Å²) in [5.74, 6) is 0.695. The van der Waals surface area contributed by atoms with Crippen molar-refractivity contribution in [1.29, 1.82) is 0 Å². The predicted octanol–water partition coefficient (Wildman–Crippen LogP) is 5.64. The minimum Gasteiger partial charge on any atom is -0.351 e. The van der Waals surface area contributed by atoms with Crippen molar-refractivity contribution in [1.82, 2.24) is 9.97 Å². The number of anilines is 3. The first-order valence-corrected chi connectivity index (χ1v) is 8.53. The summed E-state index contributed by atoms with van der Waals surface area (Å²) in [6.45, 7) is 0. The normalized spacial score (nSPS) is 15.8. The van der Waals surface area contributed by atoms with Crippen molar-refractivity contribution in [3.05, 3.63) is 41.0 Å². The van der Waals surface area contributed by atoms with Gasteiger partial charge in [-0.1, -0.05) is 36.9 Å². The van der Waals surface area contributed by atoms with Gasteiger partial charge in [0.2, 0.25) is 5.95 Å². The fraction of sp³-hybridized carbons (Fsp3) is 0.412. The summed E-state index contributed by atoms with van der Waals surface area (Å²) in [6.07, 6.45) is 2.73. The zero-order chi connectivity index (χ0) is 17.9. The third-order valence-corrected chi connectivity index (χ3v) is 4.41. The van der Waals surface area contributed by atoms with E-state index in [1.165, 1.54) is 37.6 Å². The van der Waals surface area contributed by atoms with Gasteiger partial charge in [0.05, 0.1) is 11.8 Å². The van der Waals surface area contributed by atoms with Crippen LogP contribution in [0.1, 0.15) is 37.7 Å². The first-order valence-electron chi connectivity index (χ1n) is 8.15. The van der Waals surface area contributed by atoms with E-state index < -0.39 is 11.7 Å². The Morgan fingerprint density at radius 1 is 1.12 bits per heavy atom. The number of hydrogen-bond donors (Lipinski definition) is 2. The van der Waals surface area contributed by atoms with Gasteiger partial charge >= 0.3 is 6.18 Å². The highest BCUT2D eigenvalue weighted by molar-refractivity contribution is 6.32. The Balaban J connectivity index is 1.76. The molecule has 0 amide bonds. The molecule has 3 rings (SSSR count). The predicted molar refractivity (Wildman–Crippen MR) is 92.3 cm³/mol. The van der Waals surface area contributed by atoms with Gasteiger partial charge < -0.3 is 10.6 Å². The van der Waals surface area contributed by atoms with Crippen LogP contribution in [0.3, 0.4) is 0 Å². The molecule has 8 heteroatoms. The van der Waals surface area contributed by atoms with Crippen LogP contribution >= 0.6 is 11.6 Å². The first kappa shape index (κ1) is 17.8. The lowest BCUT2D eigenvalue weighted by atomic mass is 9.96. The van der Waals surface area contributed by atoms with Crippen molar-refractivity contribution in [3.8, 4) is 0 Å². The van der Waals surface area contributed by atoms with Gasteiger partial charge in [0, 0.05) is 11.7 Å². The maximum atomic E-state index is 12.8.